The van der Waals surface area contributed by atoms with Crippen LogP contribution in [0, 0.1) is 11.6 Å². The number of aryl methyl sites for hydroxylation is 1. The van der Waals surface area contributed by atoms with E-state index in [9.17, 15) is 31.5 Å². The second-order valence-corrected chi connectivity index (χ2v) is 11.1. The van der Waals surface area contributed by atoms with Crippen LogP contribution in [0.4, 0.5) is 26.7 Å². The summed E-state index contributed by atoms with van der Waals surface area (Å²) in [7, 11) is 0. The number of hydrogen-bond donors (Lipinski definition) is 2. The summed E-state index contributed by atoms with van der Waals surface area (Å²) in [6.07, 6.45) is -1.03. The van der Waals surface area contributed by atoms with Gasteiger partial charge in [-0.3, -0.25) is 9.55 Å². The maximum absolute atomic E-state index is 14.8. The minimum atomic E-state index is -4.38. The van der Waals surface area contributed by atoms with Gasteiger partial charge in [-0.05, 0) is 55.9 Å². The van der Waals surface area contributed by atoms with E-state index in [0.717, 1.165) is 6.07 Å². The van der Waals surface area contributed by atoms with Gasteiger partial charge in [0.25, 0.3) is 0 Å². The molecule has 14 heteroatoms. The zero-order chi connectivity index (χ0) is 30.3. The minimum Gasteiger partial charge on any atom is -0.330 e. The van der Waals surface area contributed by atoms with Crippen molar-refractivity contribution in [3.8, 4) is 0 Å². The van der Waals surface area contributed by atoms with Gasteiger partial charge in [-0.15, -0.1) is 0 Å². The summed E-state index contributed by atoms with van der Waals surface area (Å²) in [6, 6.07) is 6.35. The predicted molar refractivity (Wildman–Crippen MR) is 146 cm³/mol. The Labute approximate surface area is 242 Å². The van der Waals surface area contributed by atoms with E-state index in [1.54, 1.807) is 26.3 Å². The molecule has 0 aliphatic carbocycles. The molecular weight excluding hydrogens is 573 g/mol. The molecular formula is C29H30F5N7O2. The normalized spacial score (nSPS) is 19.8. The molecule has 4 aromatic rings. The molecule has 0 unspecified atom stereocenters. The number of piperidine rings is 1. The molecule has 6 rings (SSSR count). The number of likely N-dealkylation sites (tertiary alicyclic amines) is 1. The molecule has 0 saturated carbocycles. The van der Waals surface area contributed by atoms with Gasteiger partial charge in [0.1, 0.15) is 5.82 Å². The van der Waals surface area contributed by atoms with Crippen LogP contribution in [0.25, 0.3) is 11.2 Å². The number of benzene rings is 1. The first-order valence-corrected chi connectivity index (χ1v) is 14.2. The summed E-state index contributed by atoms with van der Waals surface area (Å²) >= 11 is 0. The molecule has 2 N–H and O–H groups in total. The van der Waals surface area contributed by atoms with E-state index in [1.807, 2.05) is 6.07 Å². The van der Waals surface area contributed by atoms with Crippen molar-refractivity contribution < 1.29 is 26.7 Å². The van der Waals surface area contributed by atoms with Crippen molar-refractivity contribution in [2.75, 3.05) is 13.1 Å². The number of alkyl halides is 3. The molecule has 2 aliphatic heterocycles. The minimum absolute atomic E-state index is 0.106. The van der Waals surface area contributed by atoms with E-state index < -0.39 is 36.2 Å². The summed E-state index contributed by atoms with van der Waals surface area (Å²) in [5.74, 6) is -2.13. The van der Waals surface area contributed by atoms with Crippen molar-refractivity contribution in [3.05, 3.63) is 81.9 Å². The van der Waals surface area contributed by atoms with E-state index >= 15 is 0 Å². The van der Waals surface area contributed by atoms with Crippen LogP contribution in [0.3, 0.4) is 0 Å². The second-order valence-electron chi connectivity index (χ2n) is 11.1. The third kappa shape index (κ3) is 5.87. The second kappa shape index (κ2) is 11.5. The first-order chi connectivity index (χ1) is 20.6. The molecule has 0 radical (unpaired) electrons. The average molecular weight is 604 g/mol. The van der Waals surface area contributed by atoms with Gasteiger partial charge < -0.3 is 14.8 Å². The van der Waals surface area contributed by atoms with Crippen molar-refractivity contribution >= 4 is 17.2 Å². The molecule has 43 heavy (non-hydrogen) atoms. The van der Waals surface area contributed by atoms with E-state index in [0.29, 0.717) is 61.5 Å². The number of rotatable bonds is 5. The van der Waals surface area contributed by atoms with Crippen molar-refractivity contribution in [2.45, 2.75) is 69.2 Å². The zero-order valence-corrected chi connectivity index (χ0v) is 23.1. The molecule has 1 saturated heterocycles. The van der Waals surface area contributed by atoms with Crippen molar-refractivity contribution in [1.82, 2.24) is 34.3 Å². The molecule has 9 nitrogen and oxygen atoms in total. The number of hydrogen-bond acceptors (Lipinski definition) is 4. The summed E-state index contributed by atoms with van der Waals surface area (Å²) in [5.41, 5.74) is 1.40. The summed E-state index contributed by atoms with van der Waals surface area (Å²) in [4.78, 5) is 39.0. The summed E-state index contributed by atoms with van der Waals surface area (Å²) < 4.78 is 71.3. The summed E-state index contributed by atoms with van der Waals surface area (Å²) in [6.45, 7) is 0.866. The first-order valence-electron chi connectivity index (χ1n) is 14.2. The number of fused-ring (bicyclic) bond motifs is 2. The van der Waals surface area contributed by atoms with Gasteiger partial charge in [-0.2, -0.15) is 13.2 Å². The Morgan fingerprint density at radius 3 is 2.60 bits per heavy atom. The van der Waals surface area contributed by atoms with Crippen LogP contribution >= 0.6 is 0 Å². The Morgan fingerprint density at radius 2 is 1.84 bits per heavy atom. The number of H-pyrrole nitrogens is 1. The van der Waals surface area contributed by atoms with Gasteiger partial charge >= 0.3 is 17.9 Å². The fraction of sp³-hybridized carbons (Fsp3) is 0.448. The predicted octanol–water partition coefficient (Wildman–Crippen LogP) is 5.36. The van der Waals surface area contributed by atoms with Crippen LogP contribution in [0.5, 0.6) is 0 Å². The van der Waals surface area contributed by atoms with Crippen LogP contribution in [-0.4, -0.2) is 54.3 Å². The lowest BCUT2D eigenvalue weighted by atomic mass is 9.92. The Kier molecular flexibility index (Phi) is 7.69. The third-order valence-corrected chi connectivity index (χ3v) is 8.48. The lowest BCUT2D eigenvalue weighted by molar-refractivity contribution is -0.134. The lowest BCUT2D eigenvalue weighted by Crippen LogP contribution is -2.46. The van der Waals surface area contributed by atoms with Crippen LogP contribution < -0.4 is 11.0 Å². The van der Waals surface area contributed by atoms with Gasteiger partial charge in [0, 0.05) is 56.1 Å². The van der Waals surface area contributed by atoms with Gasteiger partial charge in [0.2, 0.25) is 0 Å². The highest BCUT2D eigenvalue weighted by molar-refractivity contribution is 5.75. The maximum atomic E-state index is 14.8. The van der Waals surface area contributed by atoms with Crippen molar-refractivity contribution in [2.24, 2.45) is 0 Å². The maximum Gasteiger partial charge on any atom is 0.389 e. The van der Waals surface area contributed by atoms with Gasteiger partial charge in [0.05, 0.1) is 11.6 Å². The molecule has 0 bridgehead atoms. The number of halogens is 5. The van der Waals surface area contributed by atoms with Crippen LogP contribution in [-0.2, 0) is 13.0 Å². The number of aromatic nitrogens is 5. The Hall–Kier alpha value is -4.23. The molecule has 2 atom stereocenters. The highest BCUT2D eigenvalue weighted by atomic mass is 19.4. The molecule has 2 amide bonds. The zero-order valence-electron chi connectivity index (χ0n) is 23.1. The number of nitrogens with zero attached hydrogens (tertiary/aromatic N) is 5. The fourth-order valence-corrected chi connectivity index (χ4v) is 6.31. The molecule has 228 valence electrons. The smallest absolute Gasteiger partial charge is 0.330 e. The molecule has 2 aliphatic rings. The SMILES string of the molecule is O=C(N[C@@H]1CC[C@@H](c2cccc(F)c2F)Cn2c(CCC(F)(F)F)cnc21)N1CCC(n2c(=O)[nH]c3ncccc32)CC1. The molecule has 5 heterocycles. The van der Waals surface area contributed by atoms with E-state index in [-0.39, 0.29) is 36.3 Å². The average Bonchev–Trinajstić information content (AvgIpc) is 3.48. The molecule has 1 aromatic carbocycles. The quantitative estimate of drug-likeness (QED) is 0.300. The molecule has 0 spiro atoms. The topological polar surface area (TPSA) is 101 Å². The van der Waals surface area contributed by atoms with E-state index in [2.05, 4.69) is 20.3 Å². The number of amides is 2. The number of aromatic amines is 1. The number of carbonyl (C=O) groups is 1. The Bertz CT molecular complexity index is 1690. The highest BCUT2D eigenvalue weighted by Crippen LogP contribution is 2.36. The first kappa shape index (κ1) is 28.9. The van der Waals surface area contributed by atoms with Crippen LogP contribution in [0.1, 0.15) is 67.2 Å². The number of urea groups is 1. The lowest BCUT2D eigenvalue weighted by Gasteiger charge is -2.33. The Balaban J connectivity index is 1.19. The number of nitrogens with one attached hydrogen (secondary N) is 2. The van der Waals surface area contributed by atoms with Gasteiger partial charge in [-0.1, -0.05) is 12.1 Å². The molecule has 3 aromatic heterocycles. The number of imidazole rings is 2. The largest absolute Gasteiger partial charge is 0.389 e. The standard InChI is InChI=1S/C29H30F5N7O2/c30-21-4-1-3-20(24(21)31)17-6-7-22(26-36-15-19(40(26)16-17)8-11-29(32,33)34)37-27(42)39-13-9-18(10-14-39)41-23-5-2-12-35-25(23)38-28(41)43/h1-5,12,15,17-18,22H,6-11,13-14,16H2,(H,37,42)(H,35,38,43)/t17-,22-/m1/s1. The Morgan fingerprint density at radius 1 is 1.05 bits per heavy atom. The summed E-state index contributed by atoms with van der Waals surface area (Å²) in [5, 5.41) is 2.99. The number of pyridine rings is 1. The van der Waals surface area contributed by atoms with E-state index in [4.69, 9.17) is 0 Å². The van der Waals surface area contributed by atoms with Gasteiger partial charge in [-0.25, -0.2) is 28.3 Å². The van der Waals surface area contributed by atoms with Crippen LogP contribution in [0.15, 0.2) is 47.5 Å². The third-order valence-electron chi connectivity index (χ3n) is 8.48. The number of carbonyl (C=O) groups excluding carboxylic acids is 1. The van der Waals surface area contributed by atoms with Crippen molar-refractivity contribution in [1.29, 1.82) is 0 Å². The monoisotopic (exact) mass is 603 g/mol. The fourth-order valence-electron chi connectivity index (χ4n) is 6.31. The van der Waals surface area contributed by atoms with Gasteiger partial charge in [0.15, 0.2) is 17.3 Å². The van der Waals surface area contributed by atoms with E-state index in [1.165, 1.54) is 18.3 Å². The van der Waals surface area contributed by atoms with Crippen molar-refractivity contribution in [3.63, 3.8) is 0 Å². The molecule has 1 fully saturated rings. The van der Waals surface area contributed by atoms with Crippen LogP contribution in [0.2, 0.25) is 0 Å². The highest BCUT2D eigenvalue weighted by Gasteiger charge is 2.34.